The molecule has 0 aliphatic rings. The Kier molecular flexibility index (Phi) is 4.71. The Morgan fingerprint density at radius 1 is 1.14 bits per heavy atom. The van der Waals surface area contributed by atoms with Gasteiger partial charge in [-0.1, -0.05) is 39.8 Å². The molecule has 0 bridgehead atoms. The van der Waals surface area contributed by atoms with E-state index in [2.05, 4.69) is 81.6 Å². The van der Waals surface area contributed by atoms with Gasteiger partial charge in [-0.2, -0.15) is 5.10 Å². The highest BCUT2D eigenvalue weighted by molar-refractivity contribution is 5.45. The number of nitrogens with zero attached hydrogens (tertiary/aromatic N) is 2. The lowest BCUT2D eigenvalue weighted by atomic mass is 9.87. The van der Waals surface area contributed by atoms with Crippen molar-refractivity contribution >= 4 is 5.69 Å². The lowest BCUT2D eigenvalue weighted by Gasteiger charge is -2.19. The van der Waals surface area contributed by atoms with E-state index >= 15 is 0 Å². The molecule has 1 N–H and O–H groups in total. The van der Waals surface area contributed by atoms with Crippen LogP contribution in [-0.2, 0) is 12.0 Å². The molecule has 3 heteroatoms. The van der Waals surface area contributed by atoms with Crippen LogP contribution < -0.4 is 5.32 Å². The fraction of sp³-hybridized carbons (Fsp3) is 0.500. The van der Waals surface area contributed by atoms with Crippen LogP contribution in [0.3, 0.4) is 0 Å². The third-order valence-electron chi connectivity index (χ3n) is 3.93. The van der Waals surface area contributed by atoms with Crippen molar-refractivity contribution in [3.05, 3.63) is 47.8 Å². The molecule has 1 unspecified atom stereocenters. The molecule has 0 saturated heterocycles. The Hall–Kier alpha value is -1.77. The van der Waals surface area contributed by atoms with Gasteiger partial charge in [0, 0.05) is 17.9 Å². The van der Waals surface area contributed by atoms with E-state index in [1.807, 2.05) is 4.68 Å². The van der Waals surface area contributed by atoms with Gasteiger partial charge in [0.1, 0.15) is 0 Å². The minimum Gasteiger partial charge on any atom is -0.379 e. The number of nitrogens with one attached hydrogen (secondary N) is 1. The van der Waals surface area contributed by atoms with E-state index in [0.29, 0.717) is 6.04 Å². The average Bonchev–Trinajstić information content (AvgIpc) is 2.92. The van der Waals surface area contributed by atoms with E-state index in [1.54, 1.807) is 0 Å². The lowest BCUT2D eigenvalue weighted by molar-refractivity contribution is 0.474. The third kappa shape index (κ3) is 4.10. The molecule has 1 atom stereocenters. The van der Waals surface area contributed by atoms with Gasteiger partial charge in [0.15, 0.2) is 0 Å². The average molecular weight is 285 g/mol. The summed E-state index contributed by atoms with van der Waals surface area (Å²) < 4.78 is 2.04. The molecule has 0 aliphatic carbocycles. The Morgan fingerprint density at radius 2 is 1.81 bits per heavy atom. The van der Waals surface area contributed by atoms with Gasteiger partial charge in [-0.15, -0.1) is 0 Å². The van der Waals surface area contributed by atoms with E-state index in [9.17, 15) is 0 Å². The highest BCUT2D eigenvalue weighted by Gasteiger charge is 2.12. The molecule has 0 aliphatic heterocycles. The van der Waals surface area contributed by atoms with Gasteiger partial charge in [0.05, 0.1) is 12.2 Å². The van der Waals surface area contributed by atoms with Crippen LogP contribution in [0.4, 0.5) is 5.69 Å². The second kappa shape index (κ2) is 6.33. The minimum absolute atomic E-state index is 0.202. The Morgan fingerprint density at radius 3 is 2.38 bits per heavy atom. The van der Waals surface area contributed by atoms with Crippen molar-refractivity contribution in [2.75, 3.05) is 5.32 Å². The summed E-state index contributed by atoms with van der Waals surface area (Å²) in [7, 11) is 0. The smallest absolute Gasteiger partial charge is 0.0815 e. The monoisotopic (exact) mass is 285 g/mol. The summed E-state index contributed by atoms with van der Waals surface area (Å²) in [5, 5.41) is 8.04. The standard InChI is InChI=1S/C18H27N3/c1-6-14(2)21-12-11-17(20-21)13-19-16-9-7-15(8-10-16)18(3,4)5/h7-12,14,19H,6,13H2,1-5H3. The molecule has 114 valence electrons. The molecule has 0 amide bonds. The second-order valence-corrected chi connectivity index (χ2v) is 6.73. The largest absolute Gasteiger partial charge is 0.379 e. The van der Waals surface area contributed by atoms with Crippen LogP contribution in [0.1, 0.15) is 58.3 Å². The summed E-state index contributed by atoms with van der Waals surface area (Å²) in [5.74, 6) is 0. The third-order valence-corrected chi connectivity index (χ3v) is 3.93. The van der Waals surface area contributed by atoms with Crippen LogP contribution in [0.25, 0.3) is 0 Å². The predicted octanol–water partition coefficient (Wildman–Crippen LogP) is 4.76. The Balaban J connectivity index is 1.95. The first-order valence-electron chi connectivity index (χ1n) is 7.78. The van der Waals surface area contributed by atoms with Gasteiger partial charge in [-0.3, -0.25) is 4.68 Å². The number of hydrogen-bond donors (Lipinski definition) is 1. The highest BCUT2D eigenvalue weighted by atomic mass is 15.3. The number of rotatable bonds is 5. The maximum Gasteiger partial charge on any atom is 0.0815 e. The quantitative estimate of drug-likeness (QED) is 0.858. The summed E-state index contributed by atoms with van der Waals surface area (Å²) in [6, 6.07) is 11.2. The Bertz CT molecular complexity index is 561. The predicted molar refractivity (Wildman–Crippen MR) is 89.7 cm³/mol. The molecular weight excluding hydrogens is 258 g/mol. The second-order valence-electron chi connectivity index (χ2n) is 6.73. The molecule has 1 heterocycles. The topological polar surface area (TPSA) is 29.9 Å². The lowest BCUT2D eigenvalue weighted by Crippen LogP contribution is -2.11. The number of aromatic nitrogens is 2. The van der Waals surface area contributed by atoms with Crippen LogP contribution in [0.5, 0.6) is 0 Å². The summed E-state index contributed by atoms with van der Waals surface area (Å²) in [6.07, 6.45) is 3.16. The molecule has 1 aromatic carbocycles. The normalized spacial score (nSPS) is 13.2. The van der Waals surface area contributed by atoms with Crippen molar-refractivity contribution in [2.24, 2.45) is 0 Å². The maximum atomic E-state index is 4.61. The zero-order chi connectivity index (χ0) is 15.5. The molecule has 2 rings (SSSR count). The van der Waals surface area contributed by atoms with E-state index < -0.39 is 0 Å². The van der Waals surface area contributed by atoms with Crippen molar-refractivity contribution in [2.45, 2.75) is 59.0 Å². The molecule has 0 spiro atoms. The molecule has 1 aromatic heterocycles. The number of anilines is 1. The van der Waals surface area contributed by atoms with Crippen LogP contribution in [-0.4, -0.2) is 9.78 Å². The zero-order valence-corrected chi connectivity index (χ0v) is 13.9. The fourth-order valence-corrected chi connectivity index (χ4v) is 2.18. The van der Waals surface area contributed by atoms with Gasteiger partial charge >= 0.3 is 0 Å². The fourth-order valence-electron chi connectivity index (χ4n) is 2.18. The molecular formula is C18H27N3. The van der Waals surface area contributed by atoms with E-state index in [-0.39, 0.29) is 5.41 Å². The Labute approximate surface area is 128 Å². The van der Waals surface area contributed by atoms with Gasteiger partial charge in [0.25, 0.3) is 0 Å². The van der Waals surface area contributed by atoms with Crippen molar-refractivity contribution in [3.63, 3.8) is 0 Å². The van der Waals surface area contributed by atoms with Crippen LogP contribution >= 0.6 is 0 Å². The molecule has 21 heavy (non-hydrogen) atoms. The van der Waals surface area contributed by atoms with Crippen molar-refractivity contribution in [3.8, 4) is 0 Å². The van der Waals surface area contributed by atoms with Gasteiger partial charge < -0.3 is 5.32 Å². The molecule has 0 saturated carbocycles. The van der Waals surface area contributed by atoms with E-state index in [4.69, 9.17) is 0 Å². The van der Waals surface area contributed by atoms with Gasteiger partial charge in [-0.05, 0) is 42.5 Å². The summed E-state index contributed by atoms with van der Waals surface area (Å²) in [4.78, 5) is 0. The van der Waals surface area contributed by atoms with Gasteiger partial charge in [-0.25, -0.2) is 0 Å². The SMILES string of the molecule is CCC(C)n1ccc(CNc2ccc(C(C)(C)C)cc2)n1. The van der Waals surface area contributed by atoms with E-state index in [1.165, 1.54) is 5.56 Å². The summed E-state index contributed by atoms with van der Waals surface area (Å²) in [5.41, 5.74) is 3.78. The molecule has 0 fully saturated rings. The summed E-state index contributed by atoms with van der Waals surface area (Å²) in [6.45, 7) is 11.8. The first-order valence-corrected chi connectivity index (χ1v) is 7.78. The number of benzene rings is 1. The van der Waals surface area contributed by atoms with Crippen LogP contribution in [0, 0.1) is 0 Å². The molecule has 0 radical (unpaired) electrons. The van der Waals surface area contributed by atoms with Crippen LogP contribution in [0.2, 0.25) is 0 Å². The highest BCUT2D eigenvalue weighted by Crippen LogP contribution is 2.23. The molecule has 2 aromatic rings. The van der Waals surface area contributed by atoms with Crippen molar-refractivity contribution in [1.82, 2.24) is 9.78 Å². The first kappa shape index (κ1) is 15.6. The maximum absolute atomic E-state index is 4.61. The molecule has 3 nitrogen and oxygen atoms in total. The first-order chi connectivity index (χ1) is 9.90. The minimum atomic E-state index is 0.202. The van der Waals surface area contributed by atoms with E-state index in [0.717, 1.165) is 24.3 Å². The van der Waals surface area contributed by atoms with Crippen molar-refractivity contribution < 1.29 is 0 Å². The number of hydrogen-bond acceptors (Lipinski definition) is 2. The van der Waals surface area contributed by atoms with Crippen molar-refractivity contribution in [1.29, 1.82) is 0 Å². The van der Waals surface area contributed by atoms with Crippen LogP contribution in [0.15, 0.2) is 36.5 Å². The zero-order valence-electron chi connectivity index (χ0n) is 13.9. The van der Waals surface area contributed by atoms with Gasteiger partial charge in [0.2, 0.25) is 0 Å². The summed E-state index contributed by atoms with van der Waals surface area (Å²) >= 11 is 0.